The van der Waals surface area contributed by atoms with Crippen LogP contribution >= 0.6 is 0 Å². The van der Waals surface area contributed by atoms with E-state index in [1.807, 2.05) is 35.2 Å². The zero-order valence-corrected chi connectivity index (χ0v) is 18.2. The van der Waals surface area contributed by atoms with Gasteiger partial charge in [-0.3, -0.25) is 14.4 Å². The SMILES string of the molecule is O=C(OCC(=O)N1CCN(C(=O)Nc2ccccc2)CC1)C1CCN(C(=O)C2CC2)CC1. The molecule has 2 heterocycles. The Labute approximate surface area is 187 Å². The minimum Gasteiger partial charge on any atom is -0.455 e. The first-order chi connectivity index (χ1) is 15.5. The highest BCUT2D eigenvalue weighted by atomic mass is 16.5. The van der Waals surface area contributed by atoms with E-state index < -0.39 is 0 Å². The van der Waals surface area contributed by atoms with Crippen molar-refractivity contribution in [3.05, 3.63) is 30.3 Å². The van der Waals surface area contributed by atoms with E-state index in [4.69, 9.17) is 4.74 Å². The van der Waals surface area contributed by atoms with E-state index >= 15 is 0 Å². The Bertz CT molecular complexity index is 841. The van der Waals surface area contributed by atoms with Crippen molar-refractivity contribution in [1.82, 2.24) is 14.7 Å². The van der Waals surface area contributed by atoms with Crippen molar-refractivity contribution in [2.45, 2.75) is 25.7 Å². The van der Waals surface area contributed by atoms with Gasteiger partial charge in [0.15, 0.2) is 6.61 Å². The Morgan fingerprint density at radius 1 is 0.781 bits per heavy atom. The molecule has 0 radical (unpaired) electrons. The topological polar surface area (TPSA) is 99.3 Å². The van der Waals surface area contributed by atoms with Crippen LogP contribution in [0.4, 0.5) is 10.5 Å². The Morgan fingerprint density at radius 3 is 2.03 bits per heavy atom. The number of rotatable bonds is 5. The van der Waals surface area contributed by atoms with Crippen LogP contribution in [0.25, 0.3) is 0 Å². The third kappa shape index (κ3) is 5.57. The molecule has 0 bridgehead atoms. The fourth-order valence-corrected chi connectivity index (χ4v) is 4.15. The van der Waals surface area contributed by atoms with Gasteiger partial charge in [0, 0.05) is 50.9 Å². The van der Waals surface area contributed by atoms with Gasteiger partial charge in [-0.1, -0.05) is 18.2 Å². The smallest absolute Gasteiger partial charge is 0.321 e. The molecule has 1 aliphatic carbocycles. The number of amides is 4. The second-order valence-electron chi connectivity index (χ2n) is 8.65. The summed E-state index contributed by atoms with van der Waals surface area (Å²) in [7, 11) is 0. The summed E-state index contributed by atoms with van der Waals surface area (Å²) in [5, 5.41) is 2.84. The predicted octanol–water partition coefficient (Wildman–Crippen LogP) is 1.55. The van der Waals surface area contributed by atoms with E-state index in [2.05, 4.69) is 5.32 Å². The molecule has 1 saturated carbocycles. The normalized spacial score (nSPS) is 19.4. The molecule has 0 spiro atoms. The summed E-state index contributed by atoms with van der Waals surface area (Å²) < 4.78 is 5.28. The van der Waals surface area contributed by atoms with Crippen molar-refractivity contribution in [2.75, 3.05) is 51.2 Å². The number of anilines is 1. The van der Waals surface area contributed by atoms with Crippen molar-refractivity contribution in [1.29, 1.82) is 0 Å². The van der Waals surface area contributed by atoms with Crippen LogP contribution in [0.2, 0.25) is 0 Å². The zero-order chi connectivity index (χ0) is 22.5. The van der Waals surface area contributed by atoms with Crippen LogP contribution in [0.15, 0.2) is 30.3 Å². The van der Waals surface area contributed by atoms with Gasteiger partial charge in [-0.15, -0.1) is 0 Å². The lowest BCUT2D eigenvalue weighted by Crippen LogP contribution is -2.52. The number of carbonyl (C=O) groups excluding carboxylic acids is 4. The number of hydrogen-bond acceptors (Lipinski definition) is 5. The third-order valence-corrected chi connectivity index (χ3v) is 6.35. The number of likely N-dealkylation sites (tertiary alicyclic amines) is 1. The summed E-state index contributed by atoms with van der Waals surface area (Å²) in [5.41, 5.74) is 0.727. The van der Waals surface area contributed by atoms with Crippen molar-refractivity contribution >= 4 is 29.5 Å². The second-order valence-corrected chi connectivity index (χ2v) is 8.65. The monoisotopic (exact) mass is 442 g/mol. The Hall–Kier alpha value is -3.10. The predicted molar refractivity (Wildman–Crippen MR) is 117 cm³/mol. The highest BCUT2D eigenvalue weighted by Gasteiger charge is 2.36. The second kappa shape index (κ2) is 10.0. The molecule has 1 aromatic carbocycles. The molecule has 4 amide bonds. The lowest BCUT2D eigenvalue weighted by Gasteiger charge is -2.35. The lowest BCUT2D eigenvalue weighted by atomic mass is 9.97. The van der Waals surface area contributed by atoms with Crippen molar-refractivity contribution in [2.24, 2.45) is 11.8 Å². The number of esters is 1. The quantitative estimate of drug-likeness (QED) is 0.698. The first-order valence-corrected chi connectivity index (χ1v) is 11.4. The minimum atomic E-state index is -0.363. The van der Waals surface area contributed by atoms with E-state index in [1.165, 1.54) is 0 Å². The molecule has 9 heteroatoms. The molecular formula is C23H30N4O5. The van der Waals surface area contributed by atoms with Gasteiger partial charge in [0.25, 0.3) is 5.91 Å². The summed E-state index contributed by atoms with van der Waals surface area (Å²) in [6.45, 7) is 2.53. The molecule has 0 aromatic heterocycles. The Morgan fingerprint density at radius 2 is 1.41 bits per heavy atom. The number of piperazine rings is 1. The molecule has 1 N–H and O–H groups in total. The largest absolute Gasteiger partial charge is 0.455 e. The summed E-state index contributed by atoms with van der Waals surface area (Å²) in [5.74, 6) is -0.463. The molecule has 9 nitrogen and oxygen atoms in total. The molecule has 1 aromatic rings. The number of hydrogen-bond donors (Lipinski definition) is 1. The number of para-hydroxylation sites is 1. The van der Waals surface area contributed by atoms with Crippen LogP contribution in [0, 0.1) is 11.8 Å². The number of carbonyl (C=O) groups is 4. The Balaban J connectivity index is 1.14. The number of ether oxygens (including phenoxy) is 1. The number of benzene rings is 1. The molecule has 32 heavy (non-hydrogen) atoms. The fraction of sp³-hybridized carbons (Fsp3) is 0.565. The standard InChI is InChI=1S/C23H30N4O5/c28-20(16-32-22(30)18-8-10-26(11-9-18)21(29)17-6-7-17)25-12-14-27(15-13-25)23(31)24-19-4-2-1-3-5-19/h1-5,17-18H,6-16H2,(H,24,31). The van der Waals surface area contributed by atoms with Crippen LogP contribution in [-0.4, -0.2) is 84.4 Å². The van der Waals surface area contributed by atoms with E-state index in [-0.39, 0.29) is 42.3 Å². The number of urea groups is 1. The summed E-state index contributed by atoms with van der Waals surface area (Å²) >= 11 is 0. The van der Waals surface area contributed by atoms with Gasteiger partial charge in [-0.05, 0) is 37.8 Å². The van der Waals surface area contributed by atoms with Crippen molar-refractivity contribution < 1.29 is 23.9 Å². The molecule has 172 valence electrons. The maximum Gasteiger partial charge on any atom is 0.321 e. The van der Waals surface area contributed by atoms with Crippen LogP contribution < -0.4 is 5.32 Å². The van der Waals surface area contributed by atoms with Crippen molar-refractivity contribution in [3.8, 4) is 0 Å². The maximum absolute atomic E-state index is 12.5. The van der Waals surface area contributed by atoms with Crippen molar-refractivity contribution in [3.63, 3.8) is 0 Å². The molecule has 4 rings (SSSR count). The fourth-order valence-electron chi connectivity index (χ4n) is 4.15. The average Bonchev–Trinajstić information content (AvgIpc) is 3.68. The van der Waals surface area contributed by atoms with E-state index in [1.54, 1.807) is 9.80 Å². The summed E-state index contributed by atoms with van der Waals surface area (Å²) in [6, 6.07) is 9.03. The van der Waals surface area contributed by atoms with Crippen LogP contribution in [0.3, 0.4) is 0 Å². The molecule has 3 fully saturated rings. The van der Waals surface area contributed by atoms with E-state index in [0.717, 1.165) is 18.5 Å². The maximum atomic E-state index is 12.5. The van der Waals surface area contributed by atoms with E-state index in [9.17, 15) is 19.2 Å². The summed E-state index contributed by atoms with van der Waals surface area (Å²) in [4.78, 5) is 54.4. The number of nitrogens with zero attached hydrogens (tertiary/aromatic N) is 3. The number of piperidine rings is 1. The number of nitrogens with one attached hydrogen (secondary N) is 1. The van der Waals surface area contributed by atoms with E-state index in [0.29, 0.717) is 52.1 Å². The van der Waals surface area contributed by atoms with Crippen LogP contribution in [0.1, 0.15) is 25.7 Å². The van der Waals surface area contributed by atoms with Gasteiger partial charge in [0.1, 0.15) is 0 Å². The molecule has 0 unspecified atom stereocenters. The molecule has 0 atom stereocenters. The molecule has 3 aliphatic rings. The molecule has 2 aliphatic heterocycles. The van der Waals surface area contributed by atoms with Gasteiger partial charge >= 0.3 is 12.0 Å². The minimum absolute atomic E-state index is 0.193. The highest BCUT2D eigenvalue weighted by Crippen LogP contribution is 2.32. The highest BCUT2D eigenvalue weighted by molar-refractivity contribution is 5.89. The molecular weight excluding hydrogens is 412 g/mol. The van der Waals surface area contributed by atoms with Gasteiger partial charge in [-0.2, -0.15) is 0 Å². The first-order valence-electron chi connectivity index (χ1n) is 11.4. The third-order valence-electron chi connectivity index (χ3n) is 6.35. The van der Waals surface area contributed by atoms with Gasteiger partial charge < -0.3 is 24.8 Å². The average molecular weight is 443 g/mol. The lowest BCUT2D eigenvalue weighted by molar-refractivity contribution is -0.158. The van der Waals surface area contributed by atoms with Gasteiger partial charge in [-0.25, -0.2) is 4.79 Å². The Kier molecular flexibility index (Phi) is 6.92. The van der Waals surface area contributed by atoms with Crippen LogP contribution in [-0.2, 0) is 19.1 Å². The summed E-state index contributed by atoms with van der Waals surface area (Å²) in [6.07, 6.45) is 3.13. The van der Waals surface area contributed by atoms with Gasteiger partial charge in [0.2, 0.25) is 5.91 Å². The van der Waals surface area contributed by atoms with Crippen LogP contribution in [0.5, 0.6) is 0 Å². The molecule has 2 saturated heterocycles. The zero-order valence-electron chi connectivity index (χ0n) is 18.2. The van der Waals surface area contributed by atoms with Gasteiger partial charge in [0.05, 0.1) is 5.92 Å². The first kappa shape index (κ1) is 22.1.